The van der Waals surface area contributed by atoms with Gasteiger partial charge in [0.2, 0.25) is 0 Å². The molecule has 0 heteroatoms. The summed E-state index contributed by atoms with van der Waals surface area (Å²) in [5, 5.41) is 0. The van der Waals surface area contributed by atoms with Crippen LogP contribution in [0.1, 0.15) is 52.9 Å². The minimum atomic E-state index is 1.15. The van der Waals surface area contributed by atoms with Crippen LogP contribution in [0, 0.1) is 0 Å². The number of hydrogen-bond acceptors (Lipinski definition) is 0. The van der Waals surface area contributed by atoms with Crippen molar-refractivity contribution in [3.63, 3.8) is 0 Å². The van der Waals surface area contributed by atoms with E-state index >= 15 is 0 Å². The standard InChI is InChI=1S/C12H22/c1-5-7-8-10-12(4)11(3)9-6-2/h5H,1,6-10H2,2-4H3. The van der Waals surface area contributed by atoms with E-state index in [1.807, 2.05) is 6.08 Å². The highest BCUT2D eigenvalue weighted by Gasteiger charge is 1.95. The molecule has 0 aromatic heterocycles. The summed E-state index contributed by atoms with van der Waals surface area (Å²) in [4.78, 5) is 0. The minimum Gasteiger partial charge on any atom is -0.103 e. The van der Waals surface area contributed by atoms with Crippen LogP contribution < -0.4 is 0 Å². The average Bonchev–Trinajstić information content (AvgIpc) is 2.05. The largest absolute Gasteiger partial charge is 0.103 e. The van der Waals surface area contributed by atoms with E-state index < -0.39 is 0 Å². The van der Waals surface area contributed by atoms with E-state index in [-0.39, 0.29) is 0 Å². The molecule has 0 spiro atoms. The fourth-order valence-corrected chi connectivity index (χ4v) is 1.31. The quantitative estimate of drug-likeness (QED) is 0.403. The van der Waals surface area contributed by atoms with Gasteiger partial charge in [-0.25, -0.2) is 0 Å². The van der Waals surface area contributed by atoms with Gasteiger partial charge in [-0.05, 0) is 39.5 Å². The fraction of sp³-hybridized carbons (Fsp3) is 0.667. The topological polar surface area (TPSA) is 0 Å². The molecule has 0 saturated heterocycles. The van der Waals surface area contributed by atoms with E-state index in [0.717, 1.165) is 6.42 Å². The van der Waals surface area contributed by atoms with Crippen molar-refractivity contribution < 1.29 is 0 Å². The van der Waals surface area contributed by atoms with Crippen LogP contribution in [0.3, 0.4) is 0 Å². The van der Waals surface area contributed by atoms with Gasteiger partial charge in [0, 0.05) is 0 Å². The predicted molar refractivity (Wildman–Crippen MR) is 57.3 cm³/mol. The molecule has 0 rings (SSSR count). The van der Waals surface area contributed by atoms with Gasteiger partial charge in [-0.2, -0.15) is 0 Å². The molecule has 0 aliphatic heterocycles. The van der Waals surface area contributed by atoms with Gasteiger partial charge < -0.3 is 0 Å². The minimum absolute atomic E-state index is 1.15. The smallest absolute Gasteiger partial charge is 0.0318 e. The van der Waals surface area contributed by atoms with Gasteiger partial charge in [0.25, 0.3) is 0 Å². The van der Waals surface area contributed by atoms with Gasteiger partial charge in [0.15, 0.2) is 0 Å². The van der Waals surface area contributed by atoms with E-state index in [0.29, 0.717) is 0 Å². The molecule has 0 unspecified atom stereocenters. The second-order valence-corrected chi connectivity index (χ2v) is 3.49. The SMILES string of the molecule is C=CCCCC(C)=C(C)CCC. The van der Waals surface area contributed by atoms with Crippen LogP contribution in [0.15, 0.2) is 23.8 Å². The summed E-state index contributed by atoms with van der Waals surface area (Å²) in [7, 11) is 0. The average molecular weight is 166 g/mol. The van der Waals surface area contributed by atoms with Crippen molar-refractivity contribution in [1.29, 1.82) is 0 Å². The first-order valence-corrected chi connectivity index (χ1v) is 4.98. The Morgan fingerprint density at radius 3 is 2.25 bits per heavy atom. The first-order valence-electron chi connectivity index (χ1n) is 4.98. The van der Waals surface area contributed by atoms with E-state index in [4.69, 9.17) is 0 Å². The van der Waals surface area contributed by atoms with Gasteiger partial charge in [-0.1, -0.05) is 30.6 Å². The zero-order valence-corrected chi connectivity index (χ0v) is 8.82. The summed E-state index contributed by atoms with van der Waals surface area (Å²) in [6.45, 7) is 10.5. The van der Waals surface area contributed by atoms with Crippen LogP contribution in [-0.4, -0.2) is 0 Å². The monoisotopic (exact) mass is 166 g/mol. The summed E-state index contributed by atoms with van der Waals surface area (Å²) in [5.41, 5.74) is 3.17. The zero-order chi connectivity index (χ0) is 9.40. The maximum atomic E-state index is 3.72. The normalized spacial score (nSPS) is 12.6. The lowest BCUT2D eigenvalue weighted by Crippen LogP contribution is -1.85. The molecule has 70 valence electrons. The lowest BCUT2D eigenvalue weighted by molar-refractivity contribution is 0.800. The van der Waals surface area contributed by atoms with Crippen LogP contribution in [0.4, 0.5) is 0 Å². The van der Waals surface area contributed by atoms with Crippen molar-refractivity contribution in [2.24, 2.45) is 0 Å². The molecule has 0 N–H and O–H groups in total. The van der Waals surface area contributed by atoms with E-state index in [9.17, 15) is 0 Å². The molecule has 0 nitrogen and oxygen atoms in total. The molecule has 0 radical (unpaired) electrons. The molecular weight excluding hydrogens is 144 g/mol. The molecule has 0 aliphatic rings. The summed E-state index contributed by atoms with van der Waals surface area (Å²) in [6.07, 6.45) is 8.19. The lowest BCUT2D eigenvalue weighted by Gasteiger charge is -2.05. The van der Waals surface area contributed by atoms with Crippen LogP contribution in [0.25, 0.3) is 0 Å². The molecule has 0 fully saturated rings. The second kappa shape index (κ2) is 7.15. The Kier molecular flexibility index (Phi) is 6.84. The second-order valence-electron chi connectivity index (χ2n) is 3.49. The van der Waals surface area contributed by atoms with E-state index in [1.165, 1.54) is 25.7 Å². The van der Waals surface area contributed by atoms with Gasteiger partial charge in [-0.3, -0.25) is 0 Å². The number of hydrogen-bond donors (Lipinski definition) is 0. The first-order chi connectivity index (χ1) is 5.72. The Balaban J connectivity index is 3.73. The summed E-state index contributed by atoms with van der Waals surface area (Å²) >= 11 is 0. The Labute approximate surface area is 77.4 Å². The van der Waals surface area contributed by atoms with Gasteiger partial charge in [-0.15, -0.1) is 6.58 Å². The molecule has 0 amide bonds. The zero-order valence-electron chi connectivity index (χ0n) is 8.82. The molecule has 0 bridgehead atoms. The molecule has 12 heavy (non-hydrogen) atoms. The Morgan fingerprint density at radius 1 is 1.17 bits per heavy atom. The van der Waals surface area contributed by atoms with Gasteiger partial charge in [0.1, 0.15) is 0 Å². The van der Waals surface area contributed by atoms with Crippen molar-refractivity contribution in [3.8, 4) is 0 Å². The van der Waals surface area contributed by atoms with Crippen molar-refractivity contribution in [2.75, 3.05) is 0 Å². The highest BCUT2D eigenvalue weighted by atomic mass is 14.0. The third-order valence-corrected chi connectivity index (χ3v) is 2.31. The number of allylic oxidation sites excluding steroid dienone is 3. The maximum Gasteiger partial charge on any atom is -0.0318 e. The van der Waals surface area contributed by atoms with Gasteiger partial charge >= 0.3 is 0 Å². The van der Waals surface area contributed by atoms with Crippen LogP contribution >= 0.6 is 0 Å². The third-order valence-electron chi connectivity index (χ3n) is 2.31. The highest BCUT2D eigenvalue weighted by Crippen LogP contribution is 2.15. The number of rotatable bonds is 6. The molecule has 0 heterocycles. The van der Waals surface area contributed by atoms with Crippen LogP contribution in [0.5, 0.6) is 0 Å². The first kappa shape index (κ1) is 11.5. The molecule has 0 atom stereocenters. The lowest BCUT2D eigenvalue weighted by atomic mass is 10.0. The molecule has 0 aromatic carbocycles. The van der Waals surface area contributed by atoms with Gasteiger partial charge in [0.05, 0.1) is 0 Å². The van der Waals surface area contributed by atoms with E-state index in [2.05, 4.69) is 27.4 Å². The molecule has 0 aliphatic carbocycles. The van der Waals surface area contributed by atoms with Crippen molar-refractivity contribution in [1.82, 2.24) is 0 Å². The van der Waals surface area contributed by atoms with Crippen LogP contribution in [0.2, 0.25) is 0 Å². The summed E-state index contributed by atoms with van der Waals surface area (Å²) in [6, 6.07) is 0. The maximum absolute atomic E-state index is 3.72. The van der Waals surface area contributed by atoms with Crippen LogP contribution in [-0.2, 0) is 0 Å². The summed E-state index contributed by atoms with van der Waals surface area (Å²) in [5.74, 6) is 0. The predicted octanol–water partition coefficient (Wildman–Crippen LogP) is 4.48. The molecular formula is C12H22. The third kappa shape index (κ3) is 5.17. The van der Waals surface area contributed by atoms with Crippen molar-refractivity contribution in [2.45, 2.75) is 52.9 Å². The fourth-order valence-electron chi connectivity index (χ4n) is 1.31. The summed E-state index contributed by atoms with van der Waals surface area (Å²) < 4.78 is 0. The Bertz CT molecular complexity index is 151. The van der Waals surface area contributed by atoms with Crippen molar-refractivity contribution in [3.05, 3.63) is 23.8 Å². The Hall–Kier alpha value is -0.520. The molecule has 0 saturated carbocycles. The number of unbranched alkanes of at least 4 members (excludes halogenated alkanes) is 1. The molecule has 0 aromatic rings. The Morgan fingerprint density at radius 2 is 1.75 bits per heavy atom. The van der Waals surface area contributed by atoms with E-state index in [1.54, 1.807) is 11.1 Å². The van der Waals surface area contributed by atoms with Crippen molar-refractivity contribution >= 4 is 0 Å². The highest BCUT2D eigenvalue weighted by molar-refractivity contribution is 5.09.